The van der Waals surface area contributed by atoms with Crippen LogP contribution in [0.4, 0.5) is 0 Å². The van der Waals surface area contributed by atoms with Crippen molar-refractivity contribution in [2.24, 2.45) is 5.73 Å². The third kappa shape index (κ3) is 5.23. The first-order valence-corrected chi connectivity index (χ1v) is 8.25. The summed E-state index contributed by atoms with van der Waals surface area (Å²) in [7, 11) is -1.90. The summed E-state index contributed by atoms with van der Waals surface area (Å²) in [6.45, 7) is 1.24. The van der Waals surface area contributed by atoms with Crippen LogP contribution in [0.15, 0.2) is 20.0 Å². The van der Waals surface area contributed by atoms with Gasteiger partial charge in [-0.2, -0.15) is 0 Å². The molecule has 0 bridgehead atoms. The summed E-state index contributed by atoms with van der Waals surface area (Å²) < 4.78 is 36.8. The number of rotatable bonds is 9. The van der Waals surface area contributed by atoms with E-state index in [1.807, 2.05) is 0 Å². The molecule has 0 saturated carbocycles. The van der Waals surface area contributed by atoms with Crippen LogP contribution in [0, 0.1) is 0 Å². The van der Waals surface area contributed by atoms with Crippen molar-refractivity contribution in [3.05, 3.63) is 16.5 Å². The van der Waals surface area contributed by atoms with Crippen molar-refractivity contribution in [1.29, 1.82) is 0 Å². The minimum atomic E-state index is -3.55. The maximum absolute atomic E-state index is 12.0. The quantitative estimate of drug-likeness (QED) is 0.656. The molecule has 0 fully saturated rings. The third-order valence-electron chi connectivity index (χ3n) is 2.51. The maximum atomic E-state index is 12.0. The van der Waals surface area contributed by atoms with E-state index in [4.69, 9.17) is 14.9 Å². The first-order valence-electron chi connectivity index (χ1n) is 5.98. The maximum Gasteiger partial charge on any atom is 0.244 e. The van der Waals surface area contributed by atoms with E-state index in [2.05, 4.69) is 20.7 Å². The molecule has 6 nitrogen and oxygen atoms in total. The van der Waals surface area contributed by atoms with E-state index in [1.54, 1.807) is 7.11 Å². The van der Waals surface area contributed by atoms with Gasteiger partial charge in [-0.05, 0) is 35.2 Å². The van der Waals surface area contributed by atoms with Gasteiger partial charge in [-0.1, -0.05) is 0 Å². The number of hydrogen-bond donors (Lipinski definition) is 2. The van der Waals surface area contributed by atoms with E-state index in [-0.39, 0.29) is 16.1 Å². The van der Waals surface area contributed by atoms with Gasteiger partial charge in [0, 0.05) is 26.3 Å². The van der Waals surface area contributed by atoms with Gasteiger partial charge in [0.2, 0.25) is 10.0 Å². The standard InChI is InChI=1S/C11H19BrN2O4S/c1-17-6-4-2-3-5-14-19(15,16)10-7-9(8-13)18-11(10)12/h7,14H,2-6,8,13H2,1H3. The normalized spacial score (nSPS) is 11.9. The smallest absolute Gasteiger partial charge is 0.244 e. The second-order valence-electron chi connectivity index (χ2n) is 4.01. The zero-order valence-electron chi connectivity index (χ0n) is 10.8. The minimum absolute atomic E-state index is 0.0878. The summed E-state index contributed by atoms with van der Waals surface area (Å²) in [6.07, 6.45) is 2.60. The molecule has 19 heavy (non-hydrogen) atoms. The molecule has 0 unspecified atom stereocenters. The van der Waals surface area contributed by atoms with Crippen LogP contribution < -0.4 is 10.5 Å². The highest BCUT2D eigenvalue weighted by molar-refractivity contribution is 9.10. The molecule has 0 saturated heterocycles. The molecule has 0 aliphatic heterocycles. The lowest BCUT2D eigenvalue weighted by Gasteiger charge is -2.05. The Kier molecular flexibility index (Phi) is 7.01. The molecule has 0 amide bonds. The Hall–Kier alpha value is -0.410. The van der Waals surface area contributed by atoms with Crippen LogP contribution in [0.3, 0.4) is 0 Å². The van der Waals surface area contributed by atoms with Gasteiger partial charge < -0.3 is 14.9 Å². The summed E-state index contributed by atoms with van der Waals surface area (Å²) in [5.74, 6) is 0.423. The molecule has 1 rings (SSSR count). The molecule has 0 aromatic carbocycles. The lowest BCUT2D eigenvalue weighted by molar-refractivity contribution is 0.192. The Morgan fingerprint density at radius 2 is 2.16 bits per heavy atom. The van der Waals surface area contributed by atoms with Gasteiger partial charge in [-0.15, -0.1) is 0 Å². The number of methoxy groups -OCH3 is 1. The van der Waals surface area contributed by atoms with Crippen LogP contribution in [-0.2, 0) is 21.3 Å². The van der Waals surface area contributed by atoms with E-state index in [0.29, 0.717) is 18.9 Å². The SMILES string of the molecule is COCCCCCNS(=O)(=O)c1cc(CN)oc1Br. The number of nitrogens with two attached hydrogens (primary N) is 1. The van der Waals surface area contributed by atoms with Crippen molar-refractivity contribution in [2.45, 2.75) is 30.7 Å². The number of halogens is 1. The van der Waals surface area contributed by atoms with Crippen molar-refractivity contribution in [3.63, 3.8) is 0 Å². The monoisotopic (exact) mass is 354 g/mol. The van der Waals surface area contributed by atoms with E-state index in [1.165, 1.54) is 6.07 Å². The number of unbranched alkanes of at least 4 members (excludes halogenated alkanes) is 2. The fraction of sp³-hybridized carbons (Fsp3) is 0.636. The van der Waals surface area contributed by atoms with E-state index >= 15 is 0 Å². The molecule has 110 valence electrons. The molecule has 1 aromatic heterocycles. The zero-order chi connectivity index (χ0) is 14.3. The predicted molar refractivity (Wildman–Crippen MR) is 75.2 cm³/mol. The van der Waals surface area contributed by atoms with Crippen LogP contribution in [0.2, 0.25) is 0 Å². The minimum Gasteiger partial charge on any atom is -0.452 e. The van der Waals surface area contributed by atoms with Gasteiger partial charge in [-0.25, -0.2) is 13.1 Å². The van der Waals surface area contributed by atoms with E-state index in [0.717, 1.165) is 19.3 Å². The predicted octanol–water partition coefficient (Wildman–Crippen LogP) is 1.60. The average Bonchev–Trinajstić information content (AvgIpc) is 2.76. The van der Waals surface area contributed by atoms with Gasteiger partial charge in [0.1, 0.15) is 10.7 Å². The number of sulfonamides is 1. The van der Waals surface area contributed by atoms with Gasteiger partial charge in [0.25, 0.3) is 0 Å². The van der Waals surface area contributed by atoms with Crippen molar-refractivity contribution in [3.8, 4) is 0 Å². The molecule has 1 heterocycles. The van der Waals surface area contributed by atoms with Crippen molar-refractivity contribution in [1.82, 2.24) is 4.72 Å². The molecule has 0 spiro atoms. The first kappa shape index (κ1) is 16.6. The summed E-state index contributed by atoms with van der Waals surface area (Å²) in [5, 5.41) is 0. The average molecular weight is 355 g/mol. The van der Waals surface area contributed by atoms with Gasteiger partial charge >= 0.3 is 0 Å². The van der Waals surface area contributed by atoms with Gasteiger partial charge in [0.15, 0.2) is 4.67 Å². The Morgan fingerprint density at radius 3 is 2.74 bits per heavy atom. The lowest BCUT2D eigenvalue weighted by Crippen LogP contribution is -2.24. The van der Waals surface area contributed by atoms with Crippen molar-refractivity contribution >= 4 is 26.0 Å². The van der Waals surface area contributed by atoms with Crippen LogP contribution >= 0.6 is 15.9 Å². The topological polar surface area (TPSA) is 94.6 Å². The largest absolute Gasteiger partial charge is 0.452 e. The molecule has 0 radical (unpaired) electrons. The summed E-state index contributed by atoms with van der Waals surface area (Å²) in [5.41, 5.74) is 5.40. The third-order valence-corrected chi connectivity index (χ3v) is 4.83. The Labute approximate surface area is 121 Å². The fourth-order valence-electron chi connectivity index (χ4n) is 1.51. The van der Waals surface area contributed by atoms with Crippen LogP contribution in [0.25, 0.3) is 0 Å². The molecular formula is C11H19BrN2O4S. The number of furan rings is 1. The van der Waals surface area contributed by atoms with Gasteiger partial charge in [-0.3, -0.25) is 0 Å². The fourth-order valence-corrected chi connectivity index (χ4v) is 3.58. The Balaban J connectivity index is 2.49. The first-order chi connectivity index (χ1) is 9.01. The highest BCUT2D eigenvalue weighted by Gasteiger charge is 2.21. The number of nitrogens with one attached hydrogen (secondary N) is 1. The van der Waals surface area contributed by atoms with Crippen molar-refractivity contribution in [2.75, 3.05) is 20.3 Å². The number of hydrogen-bond acceptors (Lipinski definition) is 5. The van der Waals surface area contributed by atoms with Crippen LogP contribution in [-0.4, -0.2) is 28.7 Å². The molecule has 1 aromatic rings. The highest BCUT2D eigenvalue weighted by atomic mass is 79.9. The lowest BCUT2D eigenvalue weighted by atomic mass is 10.2. The molecule has 0 aliphatic carbocycles. The van der Waals surface area contributed by atoms with Crippen molar-refractivity contribution < 1.29 is 17.6 Å². The van der Waals surface area contributed by atoms with Crippen LogP contribution in [0.1, 0.15) is 25.0 Å². The zero-order valence-corrected chi connectivity index (χ0v) is 13.2. The summed E-state index contributed by atoms with van der Waals surface area (Å²) in [6, 6.07) is 1.43. The molecule has 3 N–H and O–H groups in total. The Bertz CT molecular complexity index is 487. The van der Waals surface area contributed by atoms with Crippen LogP contribution in [0.5, 0.6) is 0 Å². The summed E-state index contributed by atoms with van der Waals surface area (Å²) in [4.78, 5) is 0.0878. The second-order valence-corrected chi connectivity index (χ2v) is 6.46. The second kappa shape index (κ2) is 8.01. The highest BCUT2D eigenvalue weighted by Crippen LogP contribution is 2.25. The van der Waals surface area contributed by atoms with E-state index in [9.17, 15) is 8.42 Å². The Morgan fingerprint density at radius 1 is 1.42 bits per heavy atom. The number of ether oxygens (including phenoxy) is 1. The molecule has 8 heteroatoms. The molecular weight excluding hydrogens is 336 g/mol. The van der Waals surface area contributed by atoms with Gasteiger partial charge in [0.05, 0.1) is 6.54 Å². The molecule has 0 aliphatic rings. The summed E-state index contributed by atoms with van der Waals surface area (Å²) >= 11 is 3.08. The van der Waals surface area contributed by atoms with E-state index < -0.39 is 10.0 Å². The molecule has 0 atom stereocenters.